The summed E-state index contributed by atoms with van der Waals surface area (Å²) in [4.78, 5) is 8.34. The van der Waals surface area contributed by atoms with E-state index in [1.54, 1.807) is 0 Å². The predicted molar refractivity (Wildman–Crippen MR) is 124 cm³/mol. The molecular weight excluding hydrogens is 463 g/mol. The number of nitrogens with one attached hydrogen (secondary N) is 3. The summed E-state index contributed by atoms with van der Waals surface area (Å²) in [6.45, 7) is 5.08. The molecule has 1 fully saturated rings. The molecule has 34 heavy (non-hydrogen) atoms. The van der Waals surface area contributed by atoms with Gasteiger partial charge in [-0.25, -0.2) is 4.99 Å². The van der Waals surface area contributed by atoms with Crippen LogP contribution in [0.4, 0.5) is 13.2 Å². The Morgan fingerprint density at radius 1 is 1.26 bits per heavy atom. The zero-order chi connectivity index (χ0) is 24.6. The van der Waals surface area contributed by atoms with Gasteiger partial charge in [-0.05, 0) is 30.4 Å². The lowest BCUT2D eigenvalue weighted by atomic mass is 10.1. The van der Waals surface area contributed by atoms with E-state index < -0.39 is 11.9 Å². The van der Waals surface area contributed by atoms with Crippen molar-refractivity contribution in [3.63, 3.8) is 0 Å². The lowest BCUT2D eigenvalue weighted by Crippen LogP contribution is -2.51. The molecule has 1 unspecified atom stereocenters. The maximum atomic E-state index is 12.9. The SMILES string of the molecule is CC(C)C1Cn2c(=N)/c(=C(\NCc3ccc(C(F)(F)F)nc3)NC3CCCC3)c(=S)n(C)c2=N1. The van der Waals surface area contributed by atoms with E-state index in [1.165, 1.54) is 12.3 Å². The van der Waals surface area contributed by atoms with Crippen LogP contribution in [-0.2, 0) is 26.3 Å². The van der Waals surface area contributed by atoms with E-state index in [-0.39, 0.29) is 24.1 Å². The predicted octanol–water partition coefficient (Wildman–Crippen LogP) is 2.49. The molecule has 0 radical (unpaired) electrons. The summed E-state index contributed by atoms with van der Waals surface area (Å²) in [5.41, 5.74) is 0.647. The van der Waals surface area contributed by atoms with Gasteiger partial charge in [0.1, 0.15) is 21.6 Å². The van der Waals surface area contributed by atoms with E-state index in [0.717, 1.165) is 31.7 Å². The van der Waals surface area contributed by atoms with Gasteiger partial charge in [0.25, 0.3) is 0 Å². The van der Waals surface area contributed by atoms with Crippen molar-refractivity contribution in [2.75, 3.05) is 0 Å². The summed E-state index contributed by atoms with van der Waals surface area (Å²) in [6, 6.07) is 2.72. The number of aromatic nitrogens is 3. The maximum Gasteiger partial charge on any atom is 0.433 e. The lowest BCUT2D eigenvalue weighted by molar-refractivity contribution is -0.141. The second-order valence-electron chi connectivity index (χ2n) is 9.34. The molecule has 0 aromatic carbocycles. The van der Waals surface area contributed by atoms with Crippen molar-refractivity contribution in [2.24, 2.45) is 18.0 Å². The van der Waals surface area contributed by atoms with Gasteiger partial charge in [-0.1, -0.05) is 45.0 Å². The molecular formula is C23H30F3N7S. The molecule has 1 aliphatic carbocycles. The lowest BCUT2D eigenvalue weighted by Gasteiger charge is -2.20. The third-order valence-corrected chi connectivity index (χ3v) is 7.00. The van der Waals surface area contributed by atoms with Crippen molar-refractivity contribution < 1.29 is 13.2 Å². The van der Waals surface area contributed by atoms with Gasteiger partial charge >= 0.3 is 6.18 Å². The van der Waals surface area contributed by atoms with Crippen molar-refractivity contribution in [3.8, 4) is 0 Å². The third kappa shape index (κ3) is 4.89. The molecule has 3 heterocycles. The fourth-order valence-corrected chi connectivity index (χ4v) is 4.72. The Balaban J connectivity index is 1.75. The molecule has 0 spiro atoms. The van der Waals surface area contributed by atoms with Crippen LogP contribution in [0.15, 0.2) is 23.3 Å². The van der Waals surface area contributed by atoms with E-state index >= 15 is 0 Å². The molecule has 4 rings (SSSR count). The van der Waals surface area contributed by atoms with Gasteiger partial charge in [0.15, 0.2) is 0 Å². The zero-order valence-corrected chi connectivity index (χ0v) is 20.4. The summed E-state index contributed by atoms with van der Waals surface area (Å²) < 4.78 is 42.8. The number of halogens is 3. The minimum absolute atomic E-state index is 0.0809. The number of pyridine rings is 1. The van der Waals surface area contributed by atoms with Gasteiger partial charge in [0.05, 0.1) is 17.8 Å². The Labute approximate surface area is 201 Å². The zero-order valence-electron chi connectivity index (χ0n) is 19.5. The van der Waals surface area contributed by atoms with Crippen LogP contribution in [0.25, 0.3) is 5.82 Å². The molecule has 2 aliphatic rings. The number of nitrogens with zero attached hydrogens (tertiary/aromatic N) is 4. The smallest absolute Gasteiger partial charge is 0.368 e. The topological polar surface area (TPSA) is 83.0 Å². The second-order valence-corrected chi connectivity index (χ2v) is 9.73. The second kappa shape index (κ2) is 9.52. The molecule has 1 saturated carbocycles. The van der Waals surface area contributed by atoms with Gasteiger partial charge in [-0.3, -0.25) is 15.0 Å². The highest BCUT2D eigenvalue weighted by Gasteiger charge is 2.32. The van der Waals surface area contributed by atoms with Crippen LogP contribution in [0.5, 0.6) is 0 Å². The van der Waals surface area contributed by atoms with Crippen LogP contribution in [0.1, 0.15) is 50.8 Å². The normalized spacial score (nSPS) is 19.2. The van der Waals surface area contributed by atoms with Crippen LogP contribution in [-0.4, -0.2) is 26.2 Å². The molecule has 2 aromatic heterocycles. The Morgan fingerprint density at radius 2 is 1.97 bits per heavy atom. The van der Waals surface area contributed by atoms with Crippen molar-refractivity contribution in [1.29, 1.82) is 5.41 Å². The molecule has 184 valence electrons. The first-order valence-electron chi connectivity index (χ1n) is 11.6. The van der Waals surface area contributed by atoms with Crippen molar-refractivity contribution >= 4 is 18.0 Å². The van der Waals surface area contributed by atoms with Crippen molar-refractivity contribution in [1.82, 2.24) is 24.8 Å². The maximum absolute atomic E-state index is 12.9. The summed E-state index contributed by atoms with van der Waals surface area (Å²) in [5, 5.41) is 16.4. The van der Waals surface area contributed by atoms with Gasteiger partial charge in [0, 0.05) is 25.8 Å². The Hall–Kier alpha value is -2.69. The highest BCUT2D eigenvalue weighted by Crippen LogP contribution is 2.27. The minimum atomic E-state index is -4.47. The van der Waals surface area contributed by atoms with Crippen molar-refractivity contribution in [2.45, 2.75) is 70.9 Å². The number of hydrogen-bond acceptors (Lipinski definition) is 6. The first-order valence-corrected chi connectivity index (χ1v) is 12.0. The summed E-state index contributed by atoms with van der Waals surface area (Å²) >= 11 is 5.76. The Bertz CT molecular complexity index is 1290. The van der Waals surface area contributed by atoms with Crippen molar-refractivity contribution in [3.05, 3.63) is 50.6 Å². The highest BCUT2D eigenvalue weighted by atomic mass is 32.1. The highest BCUT2D eigenvalue weighted by molar-refractivity contribution is 7.71. The standard InChI is InChI=1S/C23H30F3N7S/c1-13(2)16-12-33-19(27)18(21(34)32(3)22(33)31-16)20(30-15-6-4-5-7-15)29-11-14-8-9-17(28-10-14)23(24,25)26/h8-10,13,15-16,27,29-30H,4-7,11-12H2,1-3H3/b20-18-,27-19?. The molecule has 1 atom stereocenters. The van der Waals surface area contributed by atoms with Crippen LogP contribution in [0.3, 0.4) is 0 Å². The number of rotatable bonds is 6. The summed E-state index contributed by atoms with van der Waals surface area (Å²) in [7, 11) is 1.86. The monoisotopic (exact) mass is 493 g/mol. The molecule has 0 amide bonds. The first-order chi connectivity index (χ1) is 16.1. The van der Waals surface area contributed by atoms with E-state index in [1.807, 2.05) is 16.2 Å². The summed E-state index contributed by atoms with van der Waals surface area (Å²) in [5.74, 6) is 0.961. The fourth-order valence-electron chi connectivity index (χ4n) is 4.44. The van der Waals surface area contributed by atoms with Gasteiger partial charge in [-0.15, -0.1) is 0 Å². The molecule has 11 heteroatoms. The molecule has 7 nitrogen and oxygen atoms in total. The number of fused-ring (bicyclic) bond motifs is 1. The van der Waals surface area contributed by atoms with Gasteiger partial charge in [-0.2, -0.15) is 13.2 Å². The average Bonchev–Trinajstić information content (AvgIpc) is 3.46. The Morgan fingerprint density at radius 3 is 2.56 bits per heavy atom. The Kier molecular flexibility index (Phi) is 6.84. The molecule has 2 aromatic rings. The third-order valence-electron chi connectivity index (χ3n) is 6.53. The van der Waals surface area contributed by atoms with E-state index in [2.05, 4.69) is 29.5 Å². The first kappa shape index (κ1) is 24.4. The molecule has 0 saturated heterocycles. The molecule has 0 bridgehead atoms. The minimum Gasteiger partial charge on any atom is -0.368 e. The van der Waals surface area contributed by atoms with Gasteiger partial charge in [0.2, 0.25) is 5.62 Å². The van der Waals surface area contributed by atoms with Crippen LogP contribution in [0, 0.1) is 16.0 Å². The van der Waals surface area contributed by atoms with Crippen LogP contribution >= 0.6 is 12.2 Å². The number of alkyl halides is 3. The largest absolute Gasteiger partial charge is 0.433 e. The molecule has 1 aliphatic heterocycles. The average molecular weight is 494 g/mol. The van der Waals surface area contributed by atoms with E-state index in [4.69, 9.17) is 22.6 Å². The quantitative estimate of drug-likeness (QED) is 0.540. The van der Waals surface area contributed by atoms with Gasteiger partial charge < -0.3 is 15.2 Å². The van der Waals surface area contributed by atoms with Crippen LogP contribution < -0.4 is 27.0 Å². The van der Waals surface area contributed by atoms with E-state index in [0.29, 0.717) is 39.3 Å². The molecule has 3 N–H and O–H groups in total. The number of hydrogen-bond donors (Lipinski definition) is 3. The fraction of sp³-hybridized carbons (Fsp3) is 0.565. The van der Waals surface area contributed by atoms with Crippen LogP contribution in [0.2, 0.25) is 0 Å². The summed E-state index contributed by atoms with van der Waals surface area (Å²) in [6.07, 6.45) is 1.04. The van der Waals surface area contributed by atoms with E-state index in [9.17, 15) is 13.2 Å².